The van der Waals surface area contributed by atoms with Gasteiger partial charge >= 0.3 is 0 Å². The molecule has 9 heteroatoms. The van der Waals surface area contributed by atoms with E-state index < -0.39 is 10.0 Å². The summed E-state index contributed by atoms with van der Waals surface area (Å²) in [5, 5.41) is 0.272. The van der Waals surface area contributed by atoms with Crippen LogP contribution in [0.5, 0.6) is 11.5 Å². The maximum absolute atomic E-state index is 13.2. The number of anilines is 1. The van der Waals surface area contributed by atoms with Crippen molar-refractivity contribution in [3.05, 3.63) is 47.0 Å². The predicted octanol–water partition coefficient (Wildman–Crippen LogP) is 3.93. The van der Waals surface area contributed by atoms with Crippen LogP contribution in [0.4, 0.5) is 5.69 Å². The van der Waals surface area contributed by atoms with Crippen LogP contribution in [0.15, 0.2) is 41.3 Å². The van der Waals surface area contributed by atoms with Gasteiger partial charge in [0.25, 0.3) is 15.9 Å². The van der Waals surface area contributed by atoms with Crippen molar-refractivity contribution in [3.8, 4) is 11.5 Å². The standard InChI is InChI=1S/C21H23ClN2O5S/c1-28-19-7-5-14(22)12-20(19)30(26,27)23-15-6-8-18-17(13-15)21(25)24-10-3-2-4-16(24)9-11-29-18/h5-8,12-13,16,23H,2-4,9-11H2,1H3. The highest BCUT2D eigenvalue weighted by Crippen LogP contribution is 2.33. The molecule has 1 saturated heterocycles. The second-order valence-electron chi connectivity index (χ2n) is 7.40. The molecule has 4 rings (SSSR count). The normalized spacial score (nSPS) is 19.1. The van der Waals surface area contributed by atoms with Gasteiger partial charge in [-0.15, -0.1) is 0 Å². The van der Waals surface area contributed by atoms with Crippen molar-refractivity contribution in [2.24, 2.45) is 0 Å². The summed E-state index contributed by atoms with van der Waals surface area (Å²) in [6.07, 6.45) is 3.83. The number of hydrogen-bond donors (Lipinski definition) is 1. The average Bonchev–Trinajstić information content (AvgIpc) is 2.73. The van der Waals surface area contributed by atoms with Gasteiger partial charge in [0, 0.05) is 29.7 Å². The molecule has 2 heterocycles. The van der Waals surface area contributed by atoms with Gasteiger partial charge in [0.2, 0.25) is 0 Å². The number of carbonyl (C=O) groups is 1. The molecule has 0 aliphatic carbocycles. The molecule has 2 aromatic carbocycles. The van der Waals surface area contributed by atoms with E-state index in [-0.39, 0.29) is 33.3 Å². The number of piperidine rings is 1. The first-order chi connectivity index (χ1) is 14.4. The zero-order valence-electron chi connectivity index (χ0n) is 16.6. The van der Waals surface area contributed by atoms with Crippen LogP contribution in [0.3, 0.4) is 0 Å². The molecule has 2 aliphatic rings. The number of methoxy groups -OCH3 is 1. The number of rotatable bonds is 4. The van der Waals surface area contributed by atoms with Crippen LogP contribution in [0.2, 0.25) is 5.02 Å². The first kappa shape index (κ1) is 20.8. The number of fused-ring (bicyclic) bond motifs is 2. The minimum absolute atomic E-state index is 0.0806. The monoisotopic (exact) mass is 450 g/mol. The summed E-state index contributed by atoms with van der Waals surface area (Å²) in [5.74, 6) is 0.511. The van der Waals surface area contributed by atoms with Gasteiger partial charge in [-0.3, -0.25) is 9.52 Å². The van der Waals surface area contributed by atoms with Gasteiger partial charge in [0.05, 0.1) is 19.3 Å². The van der Waals surface area contributed by atoms with Crippen molar-refractivity contribution in [3.63, 3.8) is 0 Å². The van der Waals surface area contributed by atoms with Gasteiger partial charge in [0.15, 0.2) is 0 Å². The van der Waals surface area contributed by atoms with Crippen molar-refractivity contribution >= 4 is 33.2 Å². The molecular formula is C21H23ClN2O5S. The second-order valence-corrected chi connectivity index (χ2v) is 9.48. The number of carbonyl (C=O) groups excluding carboxylic acids is 1. The number of benzene rings is 2. The molecule has 1 atom stereocenters. The number of halogens is 1. The summed E-state index contributed by atoms with van der Waals surface area (Å²) in [6, 6.07) is 9.27. The van der Waals surface area contributed by atoms with E-state index in [1.54, 1.807) is 18.2 Å². The Hall–Kier alpha value is -2.45. The van der Waals surface area contributed by atoms with Crippen molar-refractivity contribution < 1.29 is 22.7 Å². The number of nitrogens with one attached hydrogen (secondary N) is 1. The van der Waals surface area contributed by atoms with Gasteiger partial charge in [0.1, 0.15) is 16.4 Å². The largest absolute Gasteiger partial charge is 0.495 e. The SMILES string of the molecule is COc1ccc(Cl)cc1S(=O)(=O)Nc1ccc2c(c1)C(=O)N1CCCCC1CCO2. The number of sulfonamides is 1. The lowest BCUT2D eigenvalue weighted by atomic mass is 9.97. The summed E-state index contributed by atoms with van der Waals surface area (Å²) in [5.41, 5.74) is 0.627. The first-order valence-electron chi connectivity index (χ1n) is 9.83. The Morgan fingerprint density at radius 2 is 2.00 bits per heavy atom. The summed E-state index contributed by atoms with van der Waals surface area (Å²) < 4.78 is 39.4. The maximum atomic E-state index is 13.2. The molecule has 2 aliphatic heterocycles. The molecule has 0 spiro atoms. The summed E-state index contributed by atoms with van der Waals surface area (Å²) >= 11 is 5.98. The fourth-order valence-corrected chi connectivity index (χ4v) is 5.47. The van der Waals surface area contributed by atoms with E-state index in [0.717, 1.165) is 25.7 Å². The molecule has 160 valence electrons. The summed E-state index contributed by atoms with van der Waals surface area (Å²) in [6.45, 7) is 1.23. The van der Waals surface area contributed by atoms with Crippen LogP contribution >= 0.6 is 11.6 Å². The van der Waals surface area contributed by atoms with Crippen molar-refractivity contribution in [2.75, 3.05) is 25.0 Å². The van der Waals surface area contributed by atoms with Crippen LogP contribution in [-0.2, 0) is 10.0 Å². The van der Waals surface area contributed by atoms with E-state index in [0.29, 0.717) is 24.5 Å². The molecule has 1 fully saturated rings. The van der Waals surface area contributed by atoms with Crippen LogP contribution in [-0.4, -0.2) is 45.5 Å². The van der Waals surface area contributed by atoms with Crippen LogP contribution in [0, 0.1) is 0 Å². The summed E-state index contributed by atoms with van der Waals surface area (Å²) in [7, 11) is -2.60. The lowest BCUT2D eigenvalue weighted by Crippen LogP contribution is -2.45. The molecule has 1 unspecified atom stereocenters. The fraction of sp³-hybridized carbons (Fsp3) is 0.381. The number of ether oxygens (including phenoxy) is 2. The lowest BCUT2D eigenvalue weighted by molar-refractivity contribution is 0.0548. The molecule has 0 bridgehead atoms. The van der Waals surface area contributed by atoms with E-state index in [2.05, 4.69) is 4.72 Å². The van der Waals surface area contributed by atoms with Crippen molar-refractivity contribution in [2.45, 2.75) is 36.6 Å². The van der Waals surface area contributed by atoms with E-state index in [1.165, 1.54) is 25.3 Å². The van der Waals surface area contributed by atoms with E-state index in [4.69, 9.17) is 21.1 Å². The zero-order valence-corrected chi connectivity index (χ0v) is 18.1. The van der Waals surface area contributed by atoms with Crippen molar-refractivity contribution in [1.29, 1.82) is 0 Å². The highest BCUT2D eigenvalue weighted by molar-refractivity contribution is 7.92. The Bertz CT molecular complexity index is 1070. The molecule has 7 nitrogen and oxygen atoms in total. The van der Waals surface area contributed by atoms with Gasteiger partial charge in [-0.05, 0) is 55.7 Å². The minimum Gasteiger partial charge on any atom is -0.495 e. The molecule has 1 N–H and O–H groups in total. The highest BCUT2D eigenvalue weighted by Gasteiger charge is 2.31. The lowest BCUT2D eigenvalue weighted by Gasteiger charge is -2.37. The Labute approximate surface area is 181 Å². The number of nitrogens with zero attached hydrogens (tertiary/aromatic N) is 1. The molecule has 0 radical (unpaired) electrons. The topological polar surface area (TPSA) is 84.9 Å². The zero-order chi connectivity index (χ0) is 21.3. The third kappa shape index (κ3) is 4.06. The van der Waals surface area contributed by atoms with E-state index in [9.17, 15) is 13.2 Å². The van der Waals surface area contributed by atoms with Gasteiger partial charge < -0.3 is 14.4 Å². The Morgan fingerprint density at radius 3 is 2.80 bits per heavy atom. The Kier molecular flexibility index (Phi) is 5.79. The van der Waals surface area contributed by atoms with Crippen LogP contribution in [0.1, 0.15) is 36.0 Å². The smallest absolute Gasteiger partial charge is 0.265 e. The van der Waals surface area contributed by atoms with E-state index >= 15 is 0 Å². The Morgan fingerprint density at radius 1 is 1.17 bits per heavy atom. The number of hydrogen-bond acceptors (Lipinski definition) is 5. The van der Waals surface area contributed by atoms with Crippen molar-refractivity contribution in [1.82, 2.24) is 4.90 Å². The van der Waals surface area contributed by atoms with E-state index in [1.807, 2.05) is 4.90 Å². The minimum atomic E-state index is -3.99. The number of amides is 1. The molecule has 1 amide bonds. The third-order valence-electron chi connectivity index (χ3n) is 5.47. The predicted molar refractivity (Wildman–Crippen MR) is 114 cm³/mol. The van der Waals surface area contributed by atoms with Gasteiger partial charge in [-0.2, -0.15) is 0 Å². The highest BCUT2D eigenvalue weighted by atomic mass is 35.5. The molecular weight excluding hydrogens is 428 g/mol. The fourth-order valence-electron chi connectivity index (χ4n) is 3.98. The third-order valence-corrected chi connectivity index (χ3v) is 7.11. The first-order valence-corrected chi connectivity index (χ1v) is 11.7. The second kappa shape index (κ2) is 8.35. The van der Waals surface area contributed by atoms with Crippen LogP contribution < -0.4 is 14.2 Å². The molecule has 30 heavy (non-hydrogen) atoms. The van der Waals surface area contributed by atoms with Crippen LogP contribution in [0.25, 0.3) is 0 Å². The molecule has 0 saturated carbocycles. The summed E-state index contributed by atoms with van der Waals surface area (Å²) in [4.78, 5) is 15.0. The van der Waals surface area contributed by atoms with Gasteiger partial charge in [-0.25, -0.2) is 8.42 Å². The average molecular weight is 451 g/mol. The quantitative estimate of drug-likeness (QED) is 0.762. The molecule has 2 aromatic rings. The molecule has 0 aromatic heterocycles. The Balaban J connectivity index is 1.67. The maximum Gasteiger partial charge on any atom is 0.265 e. The van der Waals surface area contributed by atoms with Gasteiger partial charge in [-0.1, -0.05) is 11.6 Å².